The number of amides is 1. The van der Waals surface area contributed by atoms with E-state index in [1.54, 1.807) is 6.08 Å². The first-order valence-electron chi connectivity index (χ1n) is 24.7. The Morgan fingerprint density at radius 2 is 1.02 bits per heavy atom. The van der Waals surface area contributed by atoms with Gasteiger partial charge in [-0.2, -0.15) is 0 Å². The number of aliphatic hydroxyl groups is 1. The smallest absolute Gasteiger partial charge is 0.268 e. The zero-order valence-corrected chi connectivity index (χ0v) is 40.5. The second-order valence-electron chi connectivity index (χ2n) is 17.8. The number of allylic oxidation sites excluding steroid dienone is 9. The van der Waals surface area contributed by atoms with E-state index >= 15 is 0 Å². The molecular weight excluding hydrogens is 768 g/mol. The molecule has 0 spiro atoms. The fourth-order valence-electron chi connectivity index (χ4n) is 6.86. The number of carbonyl (C=O) groups is 1. The van der Waals surface area contributed by atoms with Crippen LogP contribution in [0.15, 0.2) is 60.8 Å². The summed E-state index contributed by atoms with van der Waals surface area (Å²) in [5.74, 6) is -0.209. The normalized spacial score (nSPS) is 14.7. The van der Waals surface area contributed by atoms with E-state index in [9.17, 15) is 19.4 Å². The van der Waals surface area contributed by atoms with Crippen molar-refractivity contribution in [2.75, 3.05) is 40.9 Å². The third-order valence-electron chi connectivity index (χ3n) is 10.7. The fraction of sp³-hybridized carbons (Fsp3) is 0.784. The summed E-state index contributed by atoms with van der Waals surface area (Å²) in [6, 6.07) is -0.881. The number of unbranched alkanes of at least 4 members (excludes halogenated alkanes) is 23. The third kappa shape index (κ3) is 44.3. The van der Waals surface area contributed by atoms with Crippen LogP contribution < -0.4 is 10.2 Å². The van der Waals surface area contributed by atoms with Gasteiger partial charge in [-0.3, -0.25) is 9.36 Å². The molecule has 0 aromatic heterocycles. The molecule has 0 aromatic carbocycles. The summed E-state index contributed by atoms with van der Waals surface area (Å²) in [5, 5.41) is 13.4. The Hall–Kier alpha value is -1.80. The highest BCUT2D eigenvalue weighted by atomic mass is 31.2. The van der Waals surface area contributed by atoms with E-state index < -0.39 is 20.0 Å². The van der Waals surface area contributed by atoms with E-state index in [0.29, 0.717) is 17.4 Å². The van der Waals surface area contributed by atoms with E-state index in [0.717, 1.165) is 57.8 Å². The largest absolute Gasteiger partial charge is 0.756 e. The molecule has 60 heavy (non-hydrogen) atoms. The van der Waals surface area contributed by atoms with Crippen LogP contribution in [-0.4, -0.2) is 68.5 Å². The topological polar surface area (TPSA) is 108 Å². The van der Waals surface area contributed by atoms with Gasteiger partial charge in [-0.25, -0.2) is 0 Å². The van der Waals surface area contributed by atoms with Gasteiger partial charge in [0.1, 0.15) is 13.2 Å². The van der Waals surface area contributed by atoms with Gasteiger partial charge in [0.25, 0.3) is 7.82 Å². The molecule has 0 aliphatic rings. The van der Waals surface area contributed by atoms with Crippen molar-refractivity contribution in [1.82, 2.24) is 5.32 Å². The molecule has 3 unspecified atom stereocenters. The lowest BCUT2D eigenvalue weighted by Gasteiger charge is -2.29. The minimum Gasteiger partial charge on any atom is -0.756 e. The molecule has 1 amide bonds. The highest BCUT2D eigenvalue weighted by Crippen LogP contribution is 2.38. The number of likely N-dealkylation sites (N-methyl/N-ethyl adjacent to an activating group) is 1. The molecule has 8 nitrogen and oxygen atoms in total. The first-order chi connectivity index (χ1) is 29.0. The minimum atomic E-state index is -4.56. The van der Waals surface area contributed by atoms with Crippen LogP contribution in [0.25, 0.3) is 0 Å². The van der Waals surface area contributed by atoms with Crippen molar-refractivity contribution in [3.8, 4) is 0 Å². The summed E-state index contributed by atoms with van der Waals surface area (Å²) < 4.78 is 22.9. The summed E-state index contributed by atoms with van der Waals surface area (Å²) in [4.78, 5) is 25.0. The lowest BCUT2D eigenvalue weighted by molar-refractivity contribution is -0.870. The standard InChI is InChI=1S/C51H95N2O6P/c1-6-8-10-11-12-13-14-15-16-17-18-19-20-21-22-23-24-25-26-27-28-29-30-31-32-33-34-35-36-37-38-39-40-41-43-45-51(55)52-49(50(54)44-42-9-7-2)48-59-60(56,57)58-47-46-53(3,4)5/h8,10,12-13,15-16,18-19,42,44,49-50,54H,6-7,9,11,14,17,20-41,43,45-48H2,1-5H3,(H-,52,55,56,57)/b10-8-,13-12-,16-15-,19-18-,44-42+. The van der Waals surface area contributed by atoms with Gasteiger partial charge < -0.3 is 28.8 Å². The Labute approximate surface area is 371 Å². The first-order valence-corrected chi connectivity index (χ1v) is 26.1. The van der Waals surface area contributed by atoms with E-state index in [4.69, 9.17) is 9.05 Å². The average Bonchev–Trinajstić information content (AvgIpc) is 3.20. The van der Waals surface area contributed by atoms with Crippen molar-refractivity contribution >= 4 is 13.7 Å². The number of quaternary nitrogens is 1. The molecule has 350 valence electrons. The summed E-state index contributed by atoms with van der Waals surface area (Å²) in [6.07, 6.45) is 56.9. The van der Waals surface area contributed by atoms with E-state index in [-0.39, 0.29) is 19.1 Å². The van der Waals surface area contributed by atoms with Gasteiger partial charge in [0.05, 0.1) is 39.9 Å². The van der Waals surface area contributed by atoms with Crippen LogP contribution in [0, 0.1) is 0 Å². The van der Waals surface area contributed by atoms with Crippen LogP contribution in [0.2, 0.25) is 0 Å². The van der Waals surface area contributed by atoms with Crippen LogP contribution in [0.1, 0.15) is 206 Å². The number of phosphoric acid groups is 1. The molecular formula is C51H95N2O6P. The van der Waals surface area contributed by atoms with E-state index in [1.807, 2.05) is 34.1 Å². The van der Waals surface area contributed by atoms with Crippen LogP contribution in [0.4, 0.5) is 0 Å². The highest BCUT2D eigenvalue weighted by molar-refractivity contribution is 7.45. The Balaban J connectivity index is 3.69. The maximum atomic E-state index is 12.7. The lowest BCUT2D eigenvalue weighted by Crippen LogP contribution is -2.45. The van der Waals surface area contributed by atoms with Gasteiger partial charge in [0.2, 0.25) is 5.91 Å². The van der Waals surface area contributed by atoms with Gasteiger partial charge >= 0.3 is 0 Å². The summed E-state index contributed by atoms with van der Waals surface area (Å²) in [5.41, 5.74) is 0. The number of aliphatic hydroxyl groups excluding tert-OH is 1. The van der Waals surface area contributed by atoms with Crippen LogP contribution >= 0.6 is 7.82 Å². The maximum absolute atomic E-state index is 12.7. The molecule has 0 bridgehead atoms. The molecule has 0 heterocycles. The van der Waals surface area contributed by atoms with Crippen molar-refractivity contribution in [3.63, 3.8) is 0 Å². The number of hydrogen-bond donors (Lipinski definition) is 2. The molecule has 9 heteroatoms. The second kappa shape index (κ2) is 42.5. The van der Waals surface area contributed by atoms with Gasteiger partial charge in [-0.05, 0) is 51.4 Å². The fourth-order valence-corrected chi connectivity index (χ4v) is 7.58. The number of rotatable bonds is 44. The predicted octanol–water partition coefficient (Wildman–Crippen LogP) is 13.6. The molecule has 0 rings (SSSR count). The van der Waals surface area contributed by atoms with Crippen LogP contribution in [0.5, 0.6) is 0 Å². The molecule has 0 saturated heterocycles. The summed E-state index contributed by atoms with van der Waals surface area (Å²) >= 11 is 0. The molecule has 0 aliphatic carbocycles. The zero-order chi connectivity index (χ0) is 44.3. The summed E-state index contributed by atoms with van der Waals surface area (Å²) in [6.45, 7) is 4.31. The molecule has 0 aromatic rings. The SMILES string of the molecule is CC/C=C\C/C=C\C/C=C\C/C=C\CCCCCCCCCCCCCCCCCCCCCCCCC(=O)NC(COP(=O)([O-])OCC[N+](C)(C)C)C(O)/C=C/CCC. The number of hydrogen-bond acceptors (Lipinski definition) is 6. The molecule has 0 fully saturated rings. The average molecular weight is 863 g/mol. The third-order valence-corrected chi connectivity index (χ3v) is 11.7. The minimum absolute atomic E-state index is 0.00283. The van der Waals surface area contributed by atoms with Gasteiger partial charge in [0.15, 0.2) is 0 Å². The Morgan fingerprint density at radius 3 is 1.45 bits per heavy atom. The zero-order valence-electron chi connectivity index (χ0n) is 39.6. The van der Waals surface area contributed by atoms with E-state index in [2.05, 4.69) is 60.8 Å². The van der Waals surface area contributed by atoms with Crippen molar-refractivity contribution in [1.29, 1.82) is 0 Å². The molecule has 0 radical (unpaired) electrons. The summed E-state index contributed by atoms with van der Waals surface area (Å²) in [7, 11) is 1.25. The number of nitrogens with zero attached hydrogens (tertiary/aromatic N) is 1. The van der Waals surface area contributed by atoms with E-state index in [1.165, 1.54) is 128 Å². The molecule has 3 atom stereocenters. The van der Waals surface area contributed by atoms with Crippen LogP contribution in [-0.2, 0) is 18.4 Å². The maximum Gasteiger partial charge on any atom is 0.268 e. The lowest BCUT2D eigenvalue weighted by atomic mass is 10.0. The Kier molecular flexibility index (Phi) is 41.2. The van der Waals surface area contributed by atoms with Crippen molar-refractivity contribution in [3.05, 3.63) is 60.8 Å². The van der Waals surface area contributed by atoms with Gasteiger partial charge in [0, 0.05) is 6.42 Å². The van der Waals surface area contributed by atoms with Crippen molar-refractivity contribution in [2.24, 2.45) is 0 Å². The second-order valence-corrected chi connectivity index (χ2v) is 19.2. The Morgan fingerprint density at radius 1 is 0.600 bits per heavy atom. The number of phosphoric ester groups is 1. The van der Waals surface area contributed by atoms with Gasteiger partial charge in [-0.15, -0.1) is 0 Å². The van der Waals surface area contributed by atoms with Crippen LogP contribution in [0.3, 0.4) is 0 Å². The number of carbonyl (C=O) groups excluding carboxylic acids is 1. The first kappa shape index (κ1) is 58.2. The monoisotopic (exact) mass is 863 g/mol. The quantitative estimate of drug-likeness (QED) is 0.0273. The molecule has 0 saturated carbocycles. The van der Waals surface area contributed by atoms with Crippen molar-refractivity contribution in [2.45, 2.75) is 219 Å². The Bertz CT molecular complexity index is 1160. The number of nitrogens with one attached hydrogen (secondary N) is 1. The highest BCUT2D eigenvalue weighted by Gasteiger charge is 2.23. The van der Waals surface area contributed by atoms with Crippen molar-refractivity contribution < 1.29 is 32.9 Å². The molecule has 0 aliphatic heterocycles. The van der Waals surface area contributed by atoms with Gasteiger partial charge in [-0.1, -0.05) is 209 Å². The molecule has 2 N–H and O–H groups in total. The predicted molar refractivity (Wildman–Crippen MR) is 256 cm³/mol.